The predicted molar refractivity (Wildman–Crippen MR) is 123 cm³/mol. The molecule has 0 aromatic heterocycles. The number of ether oxygens (including phenoxy) is 1. The van der Waals surface area contributed by atoms with Crippen LogP contribution >= 0.6 is 11.6 Å². The van der Waals surface area contributed by atoms with E-state index >= 15 is 0 Å². The van der Waals surface area contributed by atoms with Crippen molar-refractivity contribution in [1.29, 1.82) is 0 Å². The third-order valence-electron chi connectivity index (χ3n) is 6.14. The van der Waals surface area contributed by atoms with E-state index in [0.717, 1.165) is 76.5 Å². The molecule has 1 N–H and O–H groups in total. The van der Waals surface area contributed by atoms with Crippen LogP contribution in [0.1, 0.15) is 64.0 Å². The molecule has 5 nitrogen and oxygen atoms in total. The Hall–Kier alpha value is -1.14. The summed E-state index contributed by atoms with van der Waals surface area (Å²) < 4.78 is 5.90. The summed E-state index contributed by atoms with van der Waals surface area (Å²) in [5.74, 6) is 0.804. The van der Waals surface area contributed by atoms with E-state index in [-0.39, 0.29) is 18.6 Å². The highest BCUT2D eigenvalue weighted by molar-refractivity contribution is 6.30. The maximum absolute atomic E-state index is 12.5. The standard InChI is InChI=1S/C24H39ClN2O3/c1-3-24(29)27-14-11-20(19-23(27)21-7-9-22(25)10-8-21)12-18-30-17-6-5-13-26(4-2)15-16-28/h7-10,20,23,28H,3-6,11-19H2,1-2H3. The van der Waals surface area contributed by atoms with Gasteiger partial charge in [-0.15, -0.1) is 0 Å². The minimum absolute atomic E-state index is 0.139. The van der Waals surface area contributed by atoms with E-state index < -0.39 is 0 Å². The van der Waals surface area contributed by atoms with Gasteiger partial charge in [0.05, 0.1) is 12.6 Å². The smallest absolute Gasteiger partial charge is 0.222 e. The summed E-state index contributed by atoms with van der Waals surface area (Å²) >= 11 is 6.06. The van der Waals surface area contributed by atoms with Crippen LogP contribution in [0.5, 0.6) is 0 Å². The van der Waals surface area contributed by atoms with Crippen LogP contribution in [0.2, 0.25) is 5.02 Å². The van der Waals surface area contributed by atoms with Crippen LogP contribution in [0.25, 0.3) is 0 Å². The van der Waals surface area contributed by atoms with Crippen LogP contribution in [-0.4, -0.2) is 66.8 Å². The van der Waals surface area contributed by atoms with Crippen molar-refractivity contribution in [2.24, 2.45) is 5.92 Å². The Morgan fingerprint density at radius 2 is 1.97 bits per heavy atom. The van der Waals surface area contributed by atoms with Gasteiger partial charge < -0.3 is 19.6 Å². The number of benzene rings is 1. The first-order chi connectivity index (χ1) is 14.6. The number of hydrogen-bond acceptors (Lipinski definition) is 4. The molecule has 1 aliphatic heterocycles. The molecule has 0 aliphatic carbocycles. The van der Waals surface area contributed by atoms with Crippen molar-refractivity contribution in [2.45, 2.75) is 58.4 Å². The molecular formula is C24H39ClN2O3. The summed E-state index contributed by atoms with van der Waals surface area (Å²) in [6.45, 7) is 9.45. The topological polar surface area (TPSA) is 53.0 Å². The second-order valence-electron chi connectivity index (χ2n) is 8.16. The number of likely N-dealkylation sites (tertiary alicyclic amines) is 1. The number of nitrogens with zero attached hydrogens (tertiary/aromatic N) is 2. The van der Waals surface area contributed by atoms with Crippen molar-refractivity contribution < 1.29 is 14.6 Å². The second kappa shape index (κ2) is 14.0. The Bertz CT molecular complexity index is 611. The number of aliphatic hydroxyl groups excluding tert-OH is 1. The van der Waals surface area contributed by atoms with Crippen molar-refractivity contribution in [3.63, 3.8) is 0 Å². The lowest BCUT2D eigenvalue weighted by atomic mass is 9.85. The van der Waals surface area contributed by atoms with Gasteiger partial charge in [-0.3, -0.25) is 4.79 Å². The number of rotatable bonds is 13. The summed E-state index contributed by atoms with van der Waals surface area (Å²) in [5, 5.41) is 9.76. The van der Waals surface area contributed by atoms with Gasteiger partial charge in [-0.25, -0.2) is 0 Å². The van der Waals surface area contributed by atoms with Crippen LogP contribution in [0.3, 0.4) is 0 Å². The molecule has 2 rings (SSSR count). The maximum Gasteiger partial charge on any atom is 0.222 e. The first-order valence-corrected chi connectivity index (χ1v) is 11.9. The molecule has 0 bridgehead atoms. The average Bonchev–Trinajstić information content (AvgIpc) is 2.77. The van der Waals surface area contributed by atoms with E-state index in [0.29, 0.717) is 12.3 Å². The Kier molecular flexibility index (Phi) is 11.7. The van der Waals surface area contributed by atoms with Crippen LogP contribution in [0.15, 0.2) is 24.3 Å². The van der Waals surface area contributed by atoms with Gasteiger partial charge in [0.2, 0.25) is 5.91 Å². The SMILES string of the molecule is CCC(=O)N1CCC(CCOCCCCN(CC)CCO)CC1c1ccc(Cl)cc1. The summed E-state index contributed by atoms with van der Waals surface area (Å²) in [5.41, 5.74) is 1.18. The van der Waals surface area contributed by atoms with Gasteiger partial charge >= 0.3 is 0 Å². The Morgan fingerprint density at radius 1 is 1.20 bits per heavy atom. The fraction of sp³-hybridized carbons (Fsp3) is 0.708. The van der Waals surface area contributed by atoms with Gasteiger partial charge in [0, 0.05) is 37.7 Å². The number of likely N-dealkylation sites (N-methyl/N-ethyl adjacent to an activating group) is 1. The maximum atomic E-state index is 12.5. The second-order valence-corrected chi connectivity index (χ2v) is 8.60. The third kappa shape index (κ3) is 8.18. The molecule has 1 aliphatic rings. The van der Waals surface area contributed by atoms with E-state index in [1.165, 1.54) is 5.56 Å². The molecule has 2 unspecified atom stereocenters. The third-order valence-corrected chi connectivity index (χ3v) is 6.39. The van der Waals surface area contributed by atoms with E-state index in [9.17, 15) is 4.79 Å². The summed E-state index contributed by atoms with van der Waals surface area (Å²) in [4.78, 5) is 16.8. The Morgan fingerprint density at radius 3 is 2.63 bits per heavy atom. The van der Waals surface area contributed by atoms with Gasteiger partial charge in [0.15, 0.2) is 0 Å². The summed E-state index contributed by atoms with van der Waals surface area (Å²) in [6, 6.07) is 8.08. The normalized spacial score (nSPS) is 19.4. The van der Waals surface area contributed by atoms with Crippen molar-refractivity contribution in [3.8, 4) is 0 Å². The zero-order valence-electron chi connectivity index (χ0n) is 18.7. The largest absolute Gasteiger partial charge is 0.395 e. The number of halogens is 1. The molecule has 30 heavy (non-hydrogen) atoms. The van der Waals surface area contributed by atoms with Crippen molar-refractivity contribution in [3.05, 3.63) is 34.9 Å². The quantitative estimate of drug-likeness (QED) is 0.459. The van der Waals surface area contributed by atoms with Crippen LogP contribution in [-0.2, 0) is 9.53 Å². The zero-order valence-corrected chi connectivity index (χ0v) is 19.4. The molecule has 1 saturated heterocycles. The van der Waals surface area contributed by atoms with Crippen molar-refractivity contribution in [1.82, 2.24) is 9.80 Å². The Labute approximate surface area is 187 Å². The number of unbranched alkanes of at least 4 members (excludes halogenated alkanes) is 1. The minimum Gasteiger partial charge on any atom is -0.395 e. The molecule has 0 radical (unpaired) electrons. The molecular weight excluding hydrogens is 400 g/mol. The average molecular weight is 439 g/mol. The number of hydrogen-bond donors (Lipinski definition) is 1. The molecule has 2 atom stereocenters. The van der Waals surface area contributed by atoms with Crippen LogP contribution in [0.4, 0.5) is 0 Å². The number of aliphatic hydroxyl groups is 1. The monoisotopic (exact) mass is 438 g/mol. The number of amides is 1. The number of carbonyl (C=O) groups excluding carboxylic acids is 1. The van der Waals surface area contributed by atoms with Crippen molar-refractivity contribution >= 4 is 17.5 Å². The minimum atomic E-state index is 0.139. The fourth-order valence-corrected chi connectivity index (χ4v) is 4.39. The summed E-state index contributed by atoms with van der Waals surface area (Å²) in [6.07, 6.45) is 5.79. The highest BCUT2D eigenvalue weighted by atomic mass is 35.5. The van der Waals surface area contributed by atoms with E-state index in [1.54, 1.807) is 0 Å². The van der Waals surface area contributed by atoms with Gasteiger partial charge in [-0.2, -0.15) is 0 Å². The number of piperidine rings is 1. The van der Waals surface area contributed by atoms with E-state index in [2.05, 4.69) is 24.0 Å². The highest BCUT2D eigenvalue weighted by Crippen LogP contribution is 2.36. The number of carbonyl (C=O) groups is 1. The first kappa shape index (κ1) is 25.1. The van der Waals surface area contributed by atoms with Gasteiger partial charge in [-0.1, -0.05) is 37.6 Å². The molecule has 1 amide bonds. The predicted octanol–water partition coefficient (Wildman–Crippen LogP) is 4.53. The van der Waals surface area contributed by atoms with Gasteiger partial charge in [0.25, 0.3) is 0 Å². The van der Waals surface area contributed by atoms with E-state index in [1.807, 2.05) is 24.0 Å². The summed E-state index contributed by atoms with van der Waals surface area (Å²) in [7, 11) is 0. The lowest BCUT2D eigenvalue weighted by Gasteiger charge is -2.40. The molecule has 0 saturated carbocycles. The fourth-order valence-electron chi connectivity index (χ4n) is 4.26. The van der Waals surface area contributed by atoms with Crippen molar-refractivity contribution in [2.75, 3.05) is 46.0 Å². The first-order valence-electron chi connectivity index (χ1n) is 11.5. The molecule has 1 heterocycles. The Balaban J connectivity index is 1.74. The molecule has 1 aromatic carbocycles. The molecule has 1 fully saturated rings. The molecule has 1 aromatic rings. The lowest BCUT2D eigenvalue weighted by molar-refractivity contribution is -0.135. The molecule has 0 spiro atoms. The van der Waals surface area contributed by atoms with Gasteiger partial charge in [0.1, 0.15) is 0 Å². The van der Waals surface area contributed by atoms with E-state index in [4.69, 9.17) is 21.4 Å². The highest BCUT2D eigenvalue weighted by Gasteiger charge is 2.31. The molecule has 6 heteroatoms. The molecule has 170 valence electrons. The van der Waals surface area contributed by atoms with Crippen LogP contribution < -0.4 is 0 Å². The zero-order chi connectivity index (χ0) is 21.8. The van der Waals surface area contributed by atoms with Gasteiger partial charge in [-0.05, 0) is 68.8 Å². The van der Waals surface area contributed by atoms with Crippen LogP contribution in [0, 0.1) is 5.92 Å². The lowest BCUT2D eigenvalue weighted by Crippen LogP contribution is -2.41.